The molecule has 0 aromatic rings. The third-order valence-electron chi connectivity index (χ3n) is 1.78. The monoisotopic (exact) mass is 269 g/mol. The summed E-state index contributed by atoms with van der Waals surface area (Å²) >= 11 is 1.59. The summed E-state index contributed by atoms with van der Waals surface area (Å²) in [6, 6.07) is 0. The van der Waals surface area contributed by atoms with Crippen molar-refractivity contribution in [2.75, 3.05) is 0 Å². The van der Waals surface area contributed by atoms with Crippen LogP contribution < -0.4 is 0 Å². The van der Waals surface area contributed by atoms with Gasteiger partial charge in [0.2, 0.25) is 0 Å². The molecule has 0 bridgehead atoms. The van der Waals surface area contributed by atoms with Crippen LogP contribution in [0.2, 0.25) is 3.12 Å². The molecule has 0 aliphatic heterocycles. The average Bonchev–Trinajstić information content (AvgIpc) is 1.79. The van der Waals surface area contributed by atoms with Gasteiger partial charge in [0.05, 0.1) is 0 Å². The molecule has 0 aromatic heterocycles. The molecule has 1 aliphatic rings. The quantitative estimate of drug-likeness (QED) is 0.633. The van der Waals surface area contributed by atoms with Crippen LogP contribution in [0.3, 0.4) is 0 Å². The van der Waals surface area contributed by atoms with Gasteiger partial charge in [0.25, 0.3) is 0 Å². The Morgan fingerprint density at radius 1 is 1.27 bits per heavy atom. The third kappa shape index (κ3) is 3.44. The van der Waals surface area contributed by atoms with E-state index in [1.807, 2.05) is 0 Å². The van der Waals surface area contributed by atoms with Gasteiger partial charge < -0.3 is 0 Å². The molecule has 0 aromatic carbocycles. The van der Waals surface area contributed by atoms with Crippen molar-refractivity contribution in [3.63, 3.8) is 0 Å². The van der Waals surface area contributed by atoms with Gasteiger partial charge >= 0.3 is 71.9 Å². The Balaban J connectivity index is 0. The molecule has 0 amide bonds. The molecular weight excluding hydrogens is 258 g/mol. The summed E-state index contributed by atoms with van der Waals surface area (Å²) in [5.74, 6) is 0. The first-order valence-electron chi connectivity index (χ1n) is 3.15. The van der Waals surface area contributed by atoms with Crippen molar-refractivity contribution >= 4 is 24.8 Å². The Bertz CT molecular complexity index is 192. The molecule has 0 spiro atoms. The Hall–Kier alpha value is 0.943. The molecule has 11 heavy (non-hydrogen) atoms. The fourth-order valence-corrected chi connectivity index (χ4v) is 1.84. The number of halogens is 2. The van der Waals surface area contributed by atoms with Crippen molar-refractivity contribution < 1.29 is 24.7 Å². The summed E-state index contributed by atoms with van der Waals surface area (Å²) in [6.45, 7) is 6.66. The maximum Gasteiger partial charge on any atom is -0.147 e. The van der Waals surface area contributed by atoms with E-state index in [4.69, 9.17) is 0 Å². The van der Waals surface area contributed by atoms with Gasteiger partial charge in [-0.25, -0.2) is 0 Å². The van der Waals surface area contributed by atoms with Gasteiger partial charge in [0.1, 0.15) is 0 Å². The van der Waals surface area contributed by atoms with Gasteiger partial charge in [-0.05, 0) is 0 Å². The van der Waals surface area contributed by atoms with Crippen LogP contribution in [0.25, 0.3) is 0 Å². The summed E-state index contributed by atoms with van der Waals surface area (Å²) in [6.07, 6.45) is 4.62. The maximum atomic E-state index is 2.35. The second-order valence-electron chi connectivity index (χ2n) is 2.92. The molecule has 0 radical (unpaired) electrons. The fourth-order valence-electron chi connectivity index (χ4n) is 1.10. The molecule has 1 aliphatic carbocycles. The SMILES string of the molecule is CC1=C[C](C)([Zr])C(C)=C1.Cl.Cl. The standard InChI is InChI=1S/C8H11.2ClH.Zr/c1-6-4-7(2)8(3)5-6;;;/h4-5H,1-3H3;2*1H;. The van der Waals surface area contributed by atoms with E-state index in [9.17, 15) is 0 Å². The van der Waals surface area contributed by atoms with Gasteiger partial charge in [0, 0.05) is 0 Å². The van der Waals surface area contributed by atoms with Crippen molar-refractivity contribution in [2.24, 2.45) is 0 Å². The van der Waals surface area contributed by atoms with E-state index < -0.39 is 0 Å². The maximum absolute atomic E-state index is 2.35. The second-order valence-corrected chi connectivity index (χ2v) is 5.47. The van der Waals surface area contributed by atoms with Crippen LogP contribution in [-0.4, -0.2) is 0 Å². The Morgan fingerprint density at radius 3 is 1.82 bits per heavy atom. The van der Waals surface area contributed by atoms with E-state index in [2.05, 4.69) is 32.9 Å². The molecule has 0 N–H and O–H groups in total. The van der Waals surface area contributed by atoms with E-state index in [1.165, 1.54) is 11.1 Å². The number of hydrogen-bond acceptors (Lipinski definition) is 0. The predicted octanol–water partition coefficient (Wildman–Crippen LogP) is 3.46. The Labute approximate surface area is 96.2 Å². The topological polar surface area (TPSA) is 0 Å². The van der Waals surface area contributed by atoms with Crippen molar-refractivity contribution in [1.82, 2.24) is 0 Å². The molecular formula is C8H13Cl2Zr. The van der Waals surface area contributed by atoms with Crippen LogP contribution >= 0.6 is 24.8 Å². The van der Waals surface area contributed by atoms with Gasteiger partial charge in [-0.3, -0.25) is 0 Å². The summed E-state index contributed by atoms with van der Waals surface area (Å²) in [5, 5.41) is 0. The molecule has 1 unspecified atom stereocenters. The minimum atomic E-state index is 0. The fraction of sp³-hybridized carbons (Fsp3) is 0.500. The zero-order valence-corrected chi connectivity index (χ0v) is 11.1. The normalized spacial score (nSPS) is 27.8. The van der Waals surface area contributed by atoms with Crippen LogP contribution in [0.15, 0.2) is 23.3 Å². The Morgan fingerprint density at radius 2 is 1.73 bits per heavy atom. The van der Waals surface area contributed by atoms with Crippen LogP contribution in [0.1, 0.15) is 20.8 Å². The zero-order valence-electron chi connectivity index (χ0n) is 6.97. The number of rotatable bonds is 0. The Kier molecular flexibility index (Phi) is 6.37. The van der Waals surface area contributed by atoms with Crippen LogP contribution in [0.4, 0.5) is 0 Å². The smallest absolute Gasteiger partial charge is 0.147 e. The van der Waals surface area contributed by atoms with Crippen LogP contribution in [0.5, 0.6) is 0 Å². The molecule has 0 saturated heterocycles. The largest absolute Gasteiger partial charge is 0.147 e. The molecule has 63 valence electrons. The van der Waals surface area contributed by atoms with E-state index in [-0.39, 0.29) is 24.8 Å². The van der Waals surface area contributed by atoms with Crippen molar-refractivity contribution in [2.45, 2.75) is 23.9 Å². The van der Waals surface area contributed by atoms with E-state index in [1.54, 1.807) is 24.7 Å². The second kappa shape index (κ2) is 4.85. The van der Waals surface area contributed by atoms with Gasteiger partial charge in [0.15, 0.2) is 0 Å². The first-order chi connectivity index (χ1) is 4.02. The van der Waals surface area contributed by atoms with E-state index in [0.29, 0.717) is 3.12 Å². The average molecular weight is 271 g/mol. The zero-order chi connectivity index (χ0) is 7.07. The first kappa shape index (κ1) is 14.5. The third-order valence-corrected chi connectivity index (χ3v) is 3.10. The van der Waals surface area contributed by atoms with Gasteiger partial charge in [-0.1, -0.05) is 0 Å². The minimum Gasteiger partial charge on any atom is -0.147 e. The van der Waals surface area contributed by atoms with E-state index >= 15 is 0 Å². The summed E-state index contributed by atoms with van der Waals surface area (Å²) in [4.78, 5) is 0. The number of hydrogen-bond donors (Lipinski definition) is 0. The summed E-state index contributed by atoms with van der Waals surface area (Å²) < 4.78 is 0.413. The number of allylic oxidation sites excluding steroid dienone is 4. The van der Waals surface area contributed by atoms with Crippen molar-refractivity contribution in [3.8, 4) is 0 Å². The molecule has 0 nitrogen and oxygen atoms in total. The van der Waals surface area contributed by atoms with Crippen molar-refractivity contribution in [1.29, 1.82) is 0 Å². The van der Waals surface area contributed by atoms with Crippen LogP contribution in [0, 0.1) is 0 Å². The first-order valence-corrected chi connectivity index (χ1v) is 4.38. The summed E-state index contributed by atoms with van der Waals surface area (Å²) in [7, 11) is 0. The molecule has 3 heteroatoms. The summed E-state index contributed by atoms with van der Waals surface area (Å²) in [5.41, 5.74) is 2.94. The molecule has 0 heterocycles. The van der Waals surface area contributed by atoms with Crippen LogP contribution in [-0.2, 0) is 24.7 Å². The molecule has 0 fully saturated rings. The molecule has 0 saturated carbocycles. The predicted molar refractivity (Wildman–Crippen MR) is 50.4 cm³/mol. The molecule has 1 atom stereocenters. The molecule has 1 rings (SSSR count). The van der Waals surface area contributed by atoms with Gasteiger partial charge in [-0.2, -0.15) is 0 Å². The van der Waals surface area contributed by atoms with Crippen molar-refractivity contribution in [3.05, 3.63) is 23.3 Å². The van der Waals surface area contributed by atoms with Gasteiger partial charge in [-0.15, -0.1) is 24.8 Å². The minimum absolute atomic E-state index is 0. The van der Waals surface area contributed by atoms with E-state index in [0.717, 1.165) is 0 Å².